The van der Waals surface area contributed by atoms with Gasteiger partial charge in [-0.3, -0.25) is 20.4 Å². The molecule has 2 aromatic rings. The first kappa shape index (κ1) is 17.6. The van der Waals surface area contributed by atoms with E-state index in [1.54, 1.807) is 24.3 Å². The van der Waals surface area contributed by atoms with Gasteiger partial charge in [-0.15, -0.1) is 0 Å². The molecule has 0 aromatic heterocycles. The zero-order valence-corrected chi connectivity index (χ0v) is 13.8. The van der Waals surface area contributed by atoms with E-state index in [-0.39, 0.29) is 0 Å². The van der Waals surface area contributed by atoms with Crippen LogP contribution in [-0.2, 0) is 4.79 Å². The number of benzene rings is 2. The molecule has 2 amide bonds. The van der Waals surface area contributed by atoms with Crippen LogP contribution in [0.25, 0.3) is 6.08 Å². The van der Waals surface area contributed by atoms with Crippen LogP contribution < -0.4 is 15.6 Å². The summed E-state index contributed by atoms with van der Waals surface area (Å²) in [6, 6.07) is 13.7. The van der Waals surface area contributed by atoms with Crippen LogP contribution in [0.15, 0.2) is 54.6 Å². The standard InChI is InChI=1S/C18H17ClN2O3/c1-2-24-16-9-6-13(7-10-16)8-11-17(22)20-21-18(23)14-4-3-5-15(19)12-14/h3-12H,2H2,1H3,(H,20,22)(H,21,23)/b11-8+. The summed E-state index contributed by atoms with van der Waals surface area (Å²) in [5, 5.41) is 0.448. The Bertz CT molecular complexity index is 742. The molecule has 0 radical (unpaired) electrons. The first-order chi connectivity index (χ1) is 11.6. The molecule has 0 aliphatic carbocycles. The van der Waals surface area contributed by atoms with Crippen molar-refractivity contribution in [2.75, 3.05) is 6.61 Å². The molecule has 2 aromatic carbocycles. The van der Waals surface area contributed by atoms with Crippen LogP contribution in [0, 0.1) is 0 Å². The summed E-state index contributed by atoms with van der Waals surface area (Å²) < 4.78 is 5.34. The predicted octanol–water partition coefficient (Wildman–Crippen LogP) is 3.21. The number of carbonyl (C=O) groups is 2. The minimum absolute atomic E-state index is 0.360. The zero-order chi connectivity index (χ0) is 17.4. The van der Waals surface area contributed by atoms with E-state index in [1.807, 2.05) is 31.2 Å². The molecule has 0 aliphatic heterocycles. The topological polar surface area (TPSA) is 67.4 Å². The summed E-state index contributed by atoms with van der Waals surface area (Å²) in [7, 11) is 0. The van der Waals surface area contributed by atoms with Crippen molar-refractivity contribution >= 4 is 29.5 Å². The highest BCUT2D eigenvalue weighted by Gasteiger charge is 2.06. The highest BCUT2D eigenvalue weighted by Crippen LogP contribution is 2.13. The Labute approximate surface area is 145 Å². The summed E-state index contributed by atoms with van der Waals surface area (Å²) in [6.45, 7) is 2.51. The summed E-state index contributed by atoms with van der Waals surface area (Å²) >= 11 is 5.81. The maximum absolute atomic E-state index is 11.9. The molecular formula is C18H17ClN2O3. The number of hydrogen-bond donors (Lipinski definition) is 2. The SMILES string of the molecule is CCOc1ccc(/C=C/C(=O)NNC(=O)c2cccc(Cl)c2)cc1. The molecule has 0 fully saturated rings. The minimum Gasteiger partial charge on any atom is -0.494 e. The van der Waals surface area contributed by atoms with E-state index in [0.717, 1.165) is 11.3 Å². The molecule has 2 N–H and O–H groups in total. The number of hydrogen-bond acceptors (Lipinski definition) is 3. The third-order valence-electron chi connectivity index (χ3n) is 3.00. The molecule has 24 heavy (non-hydrogen) atoms. The van der Waals surface area contributed by atoms with Gasteiger partial charge >= 0.3 is 0 Å². The van der Waals surface area contributed by atoms with Crippen molar-refractivity contribution in [1.82, 2.24) is 10.9 Å². The molecule has 0 bridgehead atoms. The average Bonchev–Trinajstić information content (AvgIpc) is 2.59. The molecule has 0 spiro atoms. The lowest BCUT2D eigenvalue weighted by molar-refractivity contribution is -0.117. The van der Waals surface area contributed by atoms with Crippen LogP contribution in [0.2, 0.25) is 5.02 Å². The Balaban J connectivity index is 1.85. The highest BCUT2D eigenvalue weighted by molar-refractivity contribution is 6.30. The predicted molar refractivity (Wildman–Crippen MR) is 93.7 cm³/mol. The summed E-state index contributed by atoms with van der Waals surface area (Å²) in [6.07, 6.45) is 2.96. The minimum atomic E-state index is -0.445. The van der Waals surface area contributed by atoms with Crippen molar-refractivity contribution in [3.8, 4) is 5.75 Å². The van der Waals surface area contributed by atoms with Crippen LogP contribution in [-0.4, -0.2) is 18.4 Å². The molecule has 6 heteroatoms. The fourth-order valence-electron chi connectivity index (χ4n) is 1.88. The van der Waals surface area contributed by atoms with Crippen LogP contribution >= 0.6 is 11.6 Å². The van der Waals surface area contributed by atoms with E-state index >= 15 is 0 Å². The van der Waals surface area contributed by atoms with Crippen LogP contribution in [0.3, 0.4) is 0 Å². The van der Waals surface area contributed by atoms with Crippen molar-refractivity contribution < 1.29 is 14.3 Å². The fourth-order valence-corrected chi connectivity index (χ4v) is 2.07. The smallest absolute Gasteiger partial charge is 0.269 e. The molecule has 5 nitrogen and oxygen atoms in total. The van der Waals surface area contributed by atoms with Crippen molar-refractivity contribution in [2.24, 2.45) is 0 Å². The van der Waals surface area contributed by atoms with Crippen LogP contribution in [0.1, 0.15) is 22.8 Å². The second-order valence-electron chi connectivity index (χ2n) is 4.79. The molecule has 0 saturated heterocycles. The second-order valence-corrected chi connectivity index (χ2v) is 5.23. The van der Waals surface area contributed by atoms with E-state index in [9.17, 15) is 9.59 Å². The van der Waals surface area contributed by atoms with Gasteiger partial charge in [0.05, 0.1) is 6.61 Å². The monoisotopic (exact) mass is 344 g/mol. The Hall–Kier alpha value is -2.79. The molecular weight excluding hydrogens is 328 g/mol. The van der Waals surface area contributed by atoms with E-state index < -0.39 is 11.8 Å². The average molecular weight is 345 g/mol. The van der Waals surface area contributed by atoms with Crippen molar-refractivity contribution in [3.63, 3.8) is 0 Å². The lowest BCUT2D eigenvalue weighted by Gasteiger charge is -2.05. The Morgan fingerprint density at radius 1 is 1.12 bits per heavy atom. The van der Waals surface area contributed by atoms with Crippen molar-refractivity contribution in [3.05, 3.63) is 70.8 Å². The maximum atomic E-state index is 11.9. The Morgan fingerprint density at radius 2 is 1.88 bits per heavy atom. The van der Waals surface area contributed by atoms with E-state index in [2.05, 4.69) is 10.9 Å². The van der Waals surface area contributed by atoms with Crippen LogP contribution in [0.5, 0.6) is 5.75 Å². The maximum Gasteiger partial charge on any atom is 0.269 e. The molecule has 0 atom stereocenters. The van der Waals surface area contributed by atoms with Gasteiger partial charge in [-0.25, -0.2) is 0 Å². The largest absolute Gasteiger partial charge is 0.494 e. The lowest BCUT2D eigenvalue weighted by Crippen LogP contribution is -2.40. The number of hydrazine groups is 1. The zero-order valence-electron chi connectivity index (χ0n) is 13.1. The highest BCUT2D eigenvalue weighted by atomic mass is 35.5. The molecule has 2 rings (SSSR count). The summed E-state index contributed by atoms with van der Waals surface area (Å²) in [4.78, 5) is 23.6. The number of amides is 2. The van der Waals surface area contributed by atoms with Crippen molar-refractivity contribution in [1.29, 1.82) is 0 Å². The van der Waals surface area contributed by atoms with Gasteiger partial charge < -0.3 is 4.74 Å². The molecule has 0 heterocycles. The molecule has 0 saturated carbocycles. The first-order valence-electron chi connectivity index (χ1n) is 7.35. The van der Waals surface area contributed by atoms with Gasteiger partial charge in [0.25, 0.3) is 11.8 Å². The van der Waals surface area contributed by atoms with Gasteiger partial charge in [-0.05, 0) is 48.9 Å². The van der Waals surface area contributed by atoms with Gasteiger partial charge in [0.2, 0.25) is 0 Å². The molecule has 0 unspecified atom stereocenters. The van der Waals surface area contributed by atoms with Gasteiger partial charge in [0.1, 0.15) is 5.75 Å². The van der Waals surface area contributed by atoms with Crippen molar-refractivity contribution in [2.45, 2.75) is 6.92 Å². The lowest BCUT2D eigenvalue weighted by atomic mass is 10.2. The number of nitrogens with one attached hydrogen (secondary N) is 2. The normalized spacial score (nSPS) is 10.4. The van der Waals surface area contributed by atoms with Gasteiger partial charge in [-0.2, -0.15) is 0 Å². The van der Waals surface area contributed by atoms with Gasteiger partial charge in [0.15, 0.2) is 0 Å². The molecule has 124 valence electrons. The summed E-state index contributed by atoms with van der Waals surface area (Å²) in [5.41, 5.74) is 5.83. The number of carbonyl (C=O) groups excluding carboxylic acids is 2. The number of halogens is 1. The quantitative estimate of drug-likeness (QED) is 0.646. The van der Waals surface area contributed by atoms with E-state index in [1.165, 1.54) is 12.1 Å². The third kappa shape index (κ3) is 5.44. The fraction of sp³-hybridized carbons (Fsp3) is 0.111. The first-order valence-corrected chi connectivity index (χ1v) is 7.73. The number of rotatable bonds is 5. The second kappa shape index (κ2) is 8.74. The van der Waals surface area contributed by atoms with Gasteiger partial charge in [0, 0.05) is 16.7 Å². The third-order valence-corrected chi connectivity index (χ3v) is 3.24. The molecule has 0 aliphatic rings. The Morgan fingerprint density at radius 3 is 2.54 bits per heavy atom. The van der Waals surface area contributed by atoms with Gasteiger partial charge in [-0.1, -0.05) is 29.8 Å². The van der Waals surface area contributed by atoms with E-state index in [4.69, 9.17) is 16.3 Å². The van der Waals surface area contributed by atoms with E-state index in [0.29, 0.717) is 17.2 Å². The summed E-state index contributed by atoms with van der Waals surface area (Å²) in [5.74, 6) is -0.118. The number of ether oxygens (including phenoxy) is 1. The van der Waals surface area contributed by atoms with Crippen LogP contribution in [0.4, 0.5) is 0 Å². The Kier molecular flexibility index (Phi) is 6.40.